The number of amides is 8. The minimum atomic E-state index is -1.80. The van der Waals surface area contributed by atoms with Crippen molar-refractivity contribution in [3.63, 3.8) is 0 Å². The lowest BCUT2D eigenvalue weighted by molar-refractivity contribution is -0.145. The highest BCUT2D eigenvalue weighted by atomic mass is 16.4. The van der Waals surface area contributed by atoms with E-state index in [4.69, 9.17) is 34.4 Å². The van der Waals surface area contributed by atoms with Crippen LogP contribution in [0.3, 0.4) is 0 Å². The van der Waals surface area contributed by atoms with Gasteiger partial charge in [0, 0.05) is 26.1 Å². The van der Waals surface area contributed by atoms with Crippen molar-refractivity contribution >= 4 is 65.1 Å². The number of carboxylic acid groups (broad SMARTS) is 1. The van der Waals surface area contributed by atoms with Crippen LogP contribution in [0.5, 0.6) is 0 Å². The number of rotatable bonds is 29. The van der Waals surface area contributed by atoms with Gasteiger partial charge < -0.3 is 91.6 Å². The third-order valence-corrected chi connectivity index (χ3v) is 10.2. The van der Waals surface area contributed by atoms with E-state index >= 15 is 0 Å². The molecular weight excluding hydrogens is 875 g/mol. The van der Waals surface area contributed by atoms with E-state index in [0.29, 0.717) is 6.42 Å². The van der Waals surface area contributed by atoms with E-state index in [1.54, 1.807) is 13.8 Å². The van der Waals surface area contributed by atoms with Crippen molar-refractivity contribution in [2.24, 2.45) is 50.3 Å². The number of carbonyl (C=O) groups excluding carboxylic acids is 8. The molecule has 0 aliphatic carbocycles. The summed E-state index contributed by atoms with van der Waals surface area (Å²) in [4.78, 5) is 127. The molecule has 0 aromatic carbocycles. The molecule has 1 heterocycles. The van der Waals surface area contributed by atoms with E-state index in [2.05, 4.69) is 41.9 Å². The molecule has 0 unspecified atom stereocenters. The van der Waals surface area contributed by atoms with Crippen LogP contribution in [0.1, 0.15) is 79.1 Å². The molecule has 0 aromatic rings. The Morgan fingerprint density at radius 3 is 1.62 bits per heavy atom. The topological polar surface area (TPSA) is 491 Å². The molecule has 374 valence electrons. The summed E-state index contributed by atoms with van der Waals surface area (Å²) in [7, 11) is 0. The monoisotopic (exact) mass is 944 g/mol. The summed E-state index contributed by atoms with van der Waals surface area (Å²) in [5.74, 6) is -10.0. The first-order valence-corrected chi connectivity index (χ1v) is 21.3. The minimum Gasteiger partial charge on any atom is -0.480 e. The van der Waals surface area contributed by atoms with E-state index in [0.717, 1.165) is 6.92 Å². The van der Waals surface area contributed by atoms with Gasteiger partial charge in [-0.1, -0.05) is 13.8 Å². The number of carboxylic acids is 1. The van der Waals surface area contributed by atoms with Gasteiger partial charge in [-0.25, -0.2) is 4.79 Å². The van der Waals surface area contributed by atoms with Crippen LogP contribution < -0.4 is 66.3 Å². The van der Waals surface area contributed by atoms with Crippen LogP contribution in [-0.4, -0.2) is 177 Å². The zero-order valence-corrected chi connectivity index (χ0v) is 37.6. The predicted molar refractivity (Wildman–Crippen MR) is 235 cm³/mol. The minimum absolute atomic E-state index is 0.0244. The first kappa shape index (κ1) is 57.6. The molecule has 1 saturated heterocycles. The summed E-state index contributed by atoms with van der Waals surface area (Å²) in [6.45, 7) is 4.61. The average molecular weight is 944 g/mol. The summed E-state index contributed by atoms with van der Waals surface area (Å²) < 4.78 is 0. The lowest BCUT2D eigenvalue weighted by atomic mass is 10.0. The molecule has 1 rings (SSSR count). The Morgan fingerprint density at radius 2 is 1.14 bits per heavy atom. The molecule has 0 spiro atoms. The van der Waals surface area contributed by atoms with E-state index in [-0.39, 0.29) is 63.7 Å². The van der Waals surface area contributed by atoms with Crippen molar-refractivity contribution < 1.29 is 63.6 Å². The molecule has 0 saturated carbocycles. The number of nitrogens with two attached hydrogens (primary N) is 6. The molecular formula is C38H69N15O13. The van der Waals surface area contributed by atoms with Gasteiger partial charge in [-0.2, -0.15) is 0 Å². The highest BCUT2D eigenvalue weighted by Gasteiger charge is 2.40. The highest BCUT2D eigenvalue weighted by Crippen LogP contribution is 2.21. The quantitative estimate of drug-likeness (QED) is 0.0188. The molecule has 28 nitrogen and oxygen atoms in total. The fourth-order valence-electron chi connectivity index (χ4n) is 6.50. The zero-order chi connectivity index (χ0) is 50.4. The Hall–Kier alpha value is -6.39. The highest BCUT2D eigenvalue weighted by molar-refractivity contribution is 5.98. The number of aliphatic carboxylic acids is 1. The van der Waals surface area contributed by atoms with Gasteiger partial charge in [-0.3, -0.25) is 48.3 Å². The Balaban J connectivity index is 3.35. The van der Waals surface area contributed by atoms with Crippen molar-refractivity contribution in [2.75, 3.05) is 26.2 Å². The fraction of sp³-hybridized carbons (Fsp3) is 0.711. The van der Waals surface area contributed by atoms with Crippen LogP contribution >= 0.6 is 0 Å². The Labute approximate surface area is 381 Å². The number of aliphatic hydroxyl groups is 3. The van der Waals surface area contributed by atoms with Crippen LogP contribution in [-0.2, 0) is 43.2 Å². The van der Waals surface area contributed by atoms with Crippen LogP contribution in [0.2, 0.25) is 0 Å². The number of guanidine groups is 2. The molecule has 0 bridgehead atoms. The maximum absolute atomic E-state index is 14.2. The third kappa shape index (κ3) is 19.8. The lowest BCUT2D eigenvalue weighted by Crippen LogP contribution is -2.62. The maximum Gasteiger partial charge on any atom is 0.326 e. The largest absolute Gasteiger partial charge is 0.480 e. The van der Waals surface area contributed by atoms with Crippen LogP contribution in [0.4, 0.5) is 0 Å². The number of nitrogens with one attached hydrogen (secondary N) is 6. The number of likely N-dealkylation sites (tertiary alicyclic amines) is 1. The first-order chi connectivity index (χ1) is 30.8. The number of nitrogens with zero attached hydrogens (tertiary/aromatic N) is 3. The molecule has 10 atom stereocenters. The predicted octanol–water partition coefficient (Wildman–Crippen LogP) is -7.92. The third-order valence-electron chi connectivity index (χ3n) is 10.2. The smallest absolute Gasteiger partial charge is 0.326 e. The second-order valence-electron chi connectivity index (χ2n) is 16.1. The summed E-state index contributed by atoms with van der Waals surface area (Å²) >= 11 is 0. The second-order valence-corrected chi connectivity index (χ2v) is 16.1. The van der Waals surface area contributed by atoms with Gasteiger partial charge in [-0.05, 0) is 64.7 Å². The summed E-state index contributed by atoms with van der Waals surface area (Å²) in [5, 5.41) is 53.8. The average Bonchev–Trinajstić information content (AvgIpc) is 3.73. The van der Waals surface area contributed by atoms with E-state index in [1.165, 1.54) is 11.8 Å². The van der Waals surface area contributed by atoms with Gasteiger partial charge in [0.15, 0.2) is 11.9 Å². The molecule has 1 aliphatic heterocycles. The molecule has 1 fully saturated rings. The standard InChI is InChI=1S/C38H69N15O13/c1-17(2)27(51-29(58)20(11-12-25(39)57)47-30(59)23(16-54)50-34(63)28(19(4)56)52-32(61)26(40)18(3)55)33(62)48-21(8-5-13-45-37(41)42)35(64)53-15-7-10-24(53)31(60)49-22(36(65)66)9-6-14-46-38(43)44/h17-24,26-28,54-56H,5-16,40H2,1-4H3,(H2,39,57)(H,47,59)(H,48,62)(H,49,60)(H,50,63)(H,51,58)(H,52,61)(H,65,66)(H4,41,42,45)(H4,43,44,46)/t18-,19+,20-,21-,22-,23-,24-,26-,27-,28-/m0/s1. The summed E-state index contributed by atoms with van der Waals surface area (Å²) in [6, 6.07) is -11.8. The SMILES string of the molecule is CC(C)[C@H](NC(=O)[C@H](CCC(N)=O)NC(=O)[C@H](CO)NC(=O)[C@@H](NC(=O)[C@@H](N)[C@H](C)O)[C@@H](C)O)C(=O)N[C@@H](CCCN=C(N)N)C(=O)N1CCC[C@H]1C(=O)N[C@@H](CCCN=C(N)N)C(=O)O. The van der Waals surface area contributed by atoms with E-state index in [1.807, 2.05) is 0 Å². The van der Waals surface area contributed by atoms with Crippen LogP contribution in [0.15, 0.2) is 9.98 Å². The van der Waals surface area contributed by atoms with Crippen molar-refractivity contribution in [2.45, 2.75) is 140 Å². The second kappa shape index (κ2) is 28.5. The molecule has 0 aromatic heterocycles. The Morgan fingerprint density at radius 1 is 0.636 bits per heavy atom. The van der Waals surface area contributed by atoms with Crippen LogP contribution in [0, 0.1) is 5.92 Å². The number of hydrogen-bond donors (Lipinski definition) is 16. The summed E-state index contributed by atoms with van der Waals surface area (Å²) in [6.07, 6.45) is -2.98. The zero-order valence-electron chi connectivity index (χ0n) is 37.6. The molecule has 66 heavy (non-hydrogen) atoms. The number of hydrogen-bond acceptors (Lipinski definition) is 15. The molecule has 1 aliphatic rings. The fourth-order valence-corrected chi connectivity index (χ4v) is 6.50. The Kier molecular flexibility index (Phi) is 24.9. The van der Waals surface area contributed by atoms with Gasteiger partial charge in [0.2, 0.25) is 47.3 Å². The van der Waals surface area contributed by atoms with Crippen molar-refractivity contribution in [1.29, 1.82) is 0 Å². The molecule has 8 amide bonds. The van der Waals surface area contributed by atoms with Gasteiger partial charge >= 0.3 is 5.97 Å². The first-order valence-electron chi connectivity index (χ1n) is 21.3. The van der Waals surface area contributed by atoms with E-state index < -0.39 is 139 Å². The normalized spacial score (nSPS) is 17.5. The summed E-state index contributed by atoms with van der Waals surface area (Å²) in [5.41, 5.74) is 32.4. The number of aliphatic imine (C=N–C) groups is 2. The Bertz CT molecular complexity index is 1760. The molecule has 28 heteroatoms. The van der Waals surface area contributed by atoms with Gasteiger partial charge in [0.05, 0.1) is 18.8 Å². The van der Waals surface area contributed by atoms with Crippen LogP contribution in [0.25, 0.3) is 0 Å². The number of primary amides is 1. The lowest BCUT2D eigenvalue weighted by Gasteiger charge is -2.31. The van der Waals surface area contributed by atoms with Crippen molar-refractivity contribution in [3.05, 3.63) is 0 Å². The number of carbonyl (C=O) groups is 9. The van der Waals surface area contributed by atoms with E-state index in [9.17, 15) is 63.6 Å². The maximum atomic E-state index is 14.2. The van der Waals surface area contributed by atoms with Crippen molar-refractivity contribution in [1.82, 2.24) is 36.8 Å². The van der Waals surface area contributed by atoms with Gasteiger partial charge in [0.1, 0.15) is 48.3 Å². The number of aliphatic hydroxyl groups excluding tert-OH is 3. The van der Waals surface area contributed by atoms with Crippen molar-refractivity contribution in [3.8, 4) is 0 Å². The van der Waals surface area contributed by atoms with Gasteiger partial charge in [0.25, 0.3) is 0 Å². The molecule has 22 N–H and O–H groups in total. The van der Waals surface area contributed by atoms with Gasteiger partial charge in [-0.15, -0.1) is 0 Å². The molecule has 0 radical (unpaired) electrons.